The molecule has 10 heteroatoms. The lowest BCUT2D eigenvalue weighted by Crippen LogP contribution is -2.51. The number of rotatable bonds is 5. The van der Waals surface area contributed by atoms with Crippen LogP contribution in [0.25, 0.3) is 0 Å². The number of ether oxygens (including phenoxy) is 1. The van der Waals surface area contributed by atoms with E-state index in [1.165, 1.54) is 4.90 Å². The molecule has 2 fully saturated rings. The average Bonchev–Trinajstić information content (AvgIpc) is 3.44. The maximum absolute atomic E-state index is 13.8. The van der Waals surface area contributed by atoms with Gasteiger partial charge in [-0.05, 0) is 25.0 Å². The fraction of sp³-hybridized carbons (Fsp3) is 0.500. The van der Waals surface area contributed by atoms with E-state index in [2.05, 4.69) is 0 Å². The zero-order valence-corrected chi connectivity index (χ0v) is 14.7. The molecule has 1 aliphatic carbocycles. The van der Waals surface area contributed by atoms with Gasteiger partial charge in [-0.15, -0.1) is 0 Å². The Bertz CT molecular complexity index is 798. The third kappa shape index (κ3) is 3.85. The molecule has 142 valence electrons. The molecule has 0 atom stereocenters. The highest BCUT2D eigenvalue weighted by Gasteiger charge is 2.35. The molecule has 0 unspecified atom stereocenters. The standard InChI is InChI=1S/C16H18F2N2O5S/c17-12-2-1-3-13(18)15(12)26(23,24)20-8-6-19(7-9-20)14(21)10-25-16(22)11-4-5-11/h1-3,11H,4-10H2. The van der Waals surface area contributed by atoms with Crippen molar-refractivity contribution < 1.29 is 31.5 Å². The SMILES string of the molecule is O=C(OCC(=O)N1CCN(S(=O)(=O)c2c(F)cccc2F)CC1)C1CC1. The Labute approximate surface area is 149 Å². The maximum Gasteiger partial charge on any atom is 0.309 e. The second-order valence-corrected chi connectivity index (χ2v) is 8.09. The highest BCUT2D eigenvalue weighted by Crippen LogP contribution is 2.30. The summed E-state index contributed by atoms with van der Waals surface area (Å²) in [6, 6.07) is 2.84. The van der Waals surface area contributed by atoms with E-state index in [1.807, 2.05) is 0 Å². The lowest BCUT2D eigenvalue weighted by molar-refractivity contribution is -0.153. The van der Waals surface area contributed by atoms with Crippen LogP contribution >= 0.6 is 0 Å². The summed E-state index contributed by atoms with van der Waals surface area (Å²) in [7, 11) is -4.34. The van der Waals surface area contributed by atoms with Gasteiger partial charge in [0.05, 0.1) is 5.92 Å². The van der Waals surface area contributed by atoms with E-state index in [0.717, 1.165) is 35.3 Å². The number of nitrogens with zero attached hydrogens (tertiary/aromatic N) is 2. The number of carbonyl (C=O) groups is 2. The zero-order chi connectivity index (χ0) is 18.9. The van der Waals surface area contributed by atoms with Crippen LogP contribution < -0.4 is 0 Å². The summed E-state index contributed by atoms with van der Waals surface area (Å²) >= 11 is 0. The Hall–Kier alpha value is -2.07. The maximum atomic E-state index is 13.8. The van der Waals surface area contributed by atoms with Crippen molar-refractivity contribution in [2.75, 3.05) is 32.8 Å². The molecule has 1 heterocycles. The summed E-state index contributed by atoms with van der Waals surface area (Å²) in [5.41, 5.74) is 0. The van der Waals surface area contributed by atoms with Gasteiger partial charge >= 0.3 is 5.97 Å². The minimum absolute atomic E-state index is 0.0507. The van der Waals surface area contributed by atoms with E-state index in [4.69, 9.17) is 4.74 Å². The molecule has 0 spiro atoms. The molecule has 1 aromatic rings. The molecule has 0 bridgehead atoms. The Morgan fingerprint density at radius 2 is 1.65 bits per heavy atom. The van der Waals surface area contributed by atoms with Crippen LogP contribution in [-0.4, -0.2) is 62.3 Å². The molecule has 26 heavy (non-hydrogen) atoms. The number of benzene rings is 1. The number of piperazine rings is 1. The van der Waals surface area contributed by atoms with Gasteiger partial charge in [-0.2, -0.15) is 4.31 Å². The summed E-state index contributed by atoms with van der Waals surface area (Å²) in [6.45, 7) is -0.481. The van der Waals surface area contributed by atoms with Gasteiger partial charge in [-0.25, -0.2) is 17.2 Å². The highest BCUT2D eigenvalue weighted by atomic mass is 32.2. The van der Waals surface area contributed by atoms with E-state index in [9.17, 15) is 26.8 Å². The predicted molar refractivity (Wildman–Crippen MR) is 85.4 cm³/mol. The molecular formula is C16H18F2N2O5S. The molecule has 1 saturated carbocycles. The molecule has 1 saturated heterocycles. The van der Waals surface area contributed by atoms with Crippen LogP contribution in [-0.2, 0) is 24.3 Å². The van der Waals surface area contributed by atoms with Gasteiger partial charge in [-0.1, -0.05) is 6.07 Å². The van der Waals surface area contributed by atoms with Gasteiger partial charge in [0.1, 0.15) is 11.6 Å². The first-order valence-corrected chi connectivity index (χ1v) is 9.63. The largest absolute Gasteiger partial charge is 0.455 e. The fourth-order valence-electron chi connectivity index (χ4n) is 2.70. The number of hydrogen-bond donors (Lipinski definition) is 0. The Morgan fingerprint density at radius 3 is 2.19 bits per heavy atom. The highest BCUT2D eigenvalue weighted by molar-refractivity contribution is 7.89. The summed E-state index contributed by atoms with van der Waals surface area (Å²) in [5, 5.41) is 0. The van der Waals surface area contributed by atoms with Crippen molar-refractivity contribution in [3.63, 3.8) is 0 Å². The van der Waals surface area contributed by atoms with Crippen LogP contribution in [0, 0.1) is 17.6 Å². The van der Waals surface area contributed by atoms with Crippen LogP contribution in [0.15, 0.2) is 23.1 Å². The Morgan fingerprint density at radius 1 is 1.08 bits per heavy atom. The van der Waals surface area contributed by atoms with E-state index < -0.39 is 38.4 Å². The lowest BCUT2D eigenvalue weighted by Gasteiger charge is -2.33. The Balaban J connectivity index is 1.59. The molecule has 3 rings (SSSR count). The molecule has 0 aromatic heterocycles. The van der Waals surface area contributed by atoms with Crippen molar-refractivity contribution in [2.24, 2.45) is 5.92 Å². The van der Waals surface area contributed by atoms with Gasteiger partial charge in [-0.3, -0.25) is 9.59 Å². The van der Waals surface area contributed by atoms with Crippen LogP contribution in [0.4, 0.5) is 8.78 Å². The van der Waals surface area contributed by atoms with Crippen molar-refractivity contribution >= 4 is 21.9 Å². The number of sulfonamides is 1. The summed E-state index contributed by atoms with van der Waals surface area (Å²) in [4.78, 5) is 23.9. The van der Waals surface area contributed by atoms with Gasteiger partial charge in [0.15, 0.2) is 11.5 Å². The number of esters is 1. The molecule has 1 aliphatic heterocycles. The summed E-state index contributed by atoms with van der Waals surface area (Å²) in [6.07, 6.45) is 1.55. The van der Waals surface area contributed by atoms with Crippen LogP contribution in [0.1, 0.15) is 12.8 Å². The quantitative estimate of drug-likeness (QED) is 0.695. The fourth-order valence-corrected chi connectivity index (χ4v) is 4.23. The van der Waals surface area contributed by atoms with Crippen molar-refractivity contribution in [3.8, 4) is 0 Å². The lowest BCUT2D eigenvalue weighted by atomic mass is 10.3. The monoisotopic (exact) mass is 388 g/mol. The number of halogens is 2. The third-order valence-electron chi connectivity index (χ3n) is 4.36. The average molecular weight is 388 g/mol. The summed E-state index contributed by atoms with van der Waals surface area (Å²) < 4.78 is 58.4. The molecular weight excluding hydrogens is 370 g/mol. The van der Waals surface area contributed by atoms with Crippen LogP contribution in [0.2, 0.25) is 0 Å². The van der Waals surface area contributed by atoms with Gasteiger partial charge in [0.2, 0.25) is 10.0 Å². The zero-order valence-electron chi connectivity index (χ0n) is 13.9. The van der Waals surface area contributed by atoms with Crippen molar-refractivity contribution in [2.45, 2.75) is 17.7 Å². The minimum Gasteiger partial charge on any atom is -0.455 e. The predicted octanol–water partition coefficient (Wildman–Crippen LogP) is 0.751. The number of carbonyl (C=O) groups excluding carboxylic acids is 2. The molecule has 1 aromatic carbocycles. The molecule has 7 nitrogen and oxygen atoms in total. The van der Waals surface area contributed by atoms with Crippen molar-refractivity contribution in [1.29, 1.82) is 0 Å². The number of amides is 1. The van der Waals surface area contributed by atoms with E-state index in [0.29, 0.717) is 0 Å². The van der Waals surface area contributed by atoms with Crippen LogP contribution in [0.5, 0.6) is 0 Å². The van der Waals surface area contributed by atoms with Gasteiger partial charge in [0.25, 0.3) is 5.91 Å². The topological polar surface area (TPSA) is 84.0 Å². The first-order valence-electron chi connectivity index (χ1n) is 8.19. The molecule has 0 N–H and O–H groups in total. The van der Waals surface area contributed by atoms with E-state index in [1.54, 1.807) is 0 Å². The summed E-state index contributed by atoms with van der Waals surface area (Å²) in [5.74, 6) is -3.24. The third-order valence-corrected chi connectivity index (χ3v) is 6.31. The van der Waals surface area contributed by atoms with Gasteiger partial charge in [0, 0.05) is 26.2 Å². The second-order valence-electron chi connectivity index (χ2n) is 6.22. The first-order chi connectivity index (χ1) is 12.3. The van der Waals surface area contributed by atoms with Crippen molar-refractivity contribution in [1.82, 2.24) is 9.21 Å². The number of hydrogen-bond acceptors (Lipinski definition) is 5. The smallest absolute Gasteiger partial charge is 0.309 e. The molecule has 2 aliphatic rings. The van der Waals surface area contributed by atoms with Crippen LogP contribution in [0.3, 0.4) is 0 Å². The molecule has 0 radical (unpaired) electrons. The second kappa shape index (κ2) is 7.28. The minimum atomic E-state index is -4.34. The van der Waals surface area contributed by atoms with Gasteiger partial charge < -0.3 is 9.64 Å². The van der Waals surface area contributed by atoms with E-state index in [-0.39, 0.29) is 38.7 Å². The normalized spacial score (nSPS) is 18.6. The Kier molecular flexibility index (Phi) is 5.24. The first kappa shape index (κ1) is 18.7. The molecule has 1 amide bonds. The van der Waals surface area contributed by atoms with Crippen molar-refractivity contribution in [3.05, 3.63) is 29.8 Å². The van der Waals surface area contributed by atoms with E-state index >= 15 is 0 Å².